The molecular weight excluding hydrogens is 234 g/mol. The van der Waals surface area contributed by atoms with Gasteiger partial charge in [-0.15, -0.1) is 0 Å². The van der Waals surface area contributed by atoms with Gasteiger partial charge in [0.1, 0.15) is 11.2 Å². The minimum Gasteiger partial charge on any atom is -0.497 e. The molecule has 0 spiro atoms. The lowest BCUT2D eigenvalue weighted by molar-refractivity contribution is -0.162. The molecule has 2 rings (SSSR count). The van der Waals surface area contributed by atoms with Crippen LogP contribution in [0.25, 0.3) is 0 Å². The Kier molecular flexibility index (Phi) is 2.98. The summed E-state index contributed by atoms with van der Waals surface area (Å²) in [5.74, 6) is 0.637. The molecule has 1 aliphatic rings. The molecule has 5 nitrogen and oxygen atoms in total. The van der Waals surface area contributed by atoms with E-state index in [1.165, 1.54) is 4.90 Å². The van der Waals surface area contributed by atoms with Gasteiger partial charge in [-0.1, -0.05) is 0 Å². The Balaban J connectivity index is 2.26. The van der Waals surface area contributed by atoms with E-state index in [0.717, 1.165) is 0 Å². The van der Waals surface area contributed by atoms with Crippen molar-refractivity contribution < 1.29 is 19.1 Å². The summed E-state index contributed by atoms with van der Waals surface area (Å²) in [4.78, 5) is 24.0. The first-order valence-electron chi connectivity index (χ1n) is 5.59. The number of anilines is 1. The van der Waals surface area contributed by atoms with Crippen LogP contribution >= 0.6 is 0 Å². The molecule has 5 heteroatoms. The second-order valence-corrected chi connectivity index (χ2v) is 4.68. The van der Waals surface area contributed by atoms with E-state index in [1.807, 2.05) is 0 Å². The number of nitrogens with zero attached hydrogens (tertiary/aromatic N) is 1. The number of hydrogen-bond acceptors (Lipinski definition) is 4. The molecule has 0 saturated carbocycles. The van der Waals surface area contributed by atoms with Crippen LogP contribution in [-0.2, 0) is 14.3 Å². The third-order valence-electron chi connectivity index (χ3n) is 3.16. The van der Waals surface area contributed by atoms with Crippen molar-refractivity contribution in [1.82, 2.24) is 0 Å². The minimum absolute atomic E-state index is 0.0699. The molecule has 0 aliphatic carbocycles. The third-order valence-corrected chi connectivity index (χ3v) is 3.16. The maximum Gasteiger partial charge on any atom is 0.295 e. The van der Waals surface area contributed by atoms with E-state index in [0.29, 0.717) is 17.9 Å². The Morgan fingerprint density at radius 2 is 1.89 bits per heavy atom. The van der Waals surface area contributed by atoms with Gasteiger partial charge >= 0.3 is 0 Å². The van der Waals surface area contributed by atoms with Gasteiger partial charge in [-0.3, -0.25) is 14.5 Å². The molecule has 0 unspecified atom stereocenters. The average Bonchev–Trinajstić information content (AvgIpc) is 2.39. The second kappa shape index (κ2) is 4.33. The molecule has 1 fully saturated rings. The van der Waals surface area contributed by atoms with Crippen LogP contribution in [0, 0.1) is 5.41 Å². The molecule has 18 heavy (non-hydrogen) atoms. The standard InChI is InChI=1S/C13H15NO4/c1-13(2)11(16)14(12(13)18-8-15)9-4-6-10(17-3)7-5-9/h4-8,12H,1-3H3/t12-/m1/s1. The van der Waals surface area contributed by atoms with Crippen LogP contribution < -0.4 is 9.64 Å². The van der Waals surface area contributed by atoms with Gasteiger partial charge in [-0.05, 0) is 38.1 Å². The summed E-state index contributed by atoms with van der Waals surface area (Å²) in [6.07, 6.45) is -0.559. The highest BCUT2D eigenvalue weighted by Gasteiger charge is 2.56. The minimum atomic E-state index is -0.680. The van der Waals surface area contributed by atoms with Crippen LogP contribution in [0.2, 0.25) is 0 Å². The van der Waals surface area contributed by atoms with Crippen molar-refractivity contribution in [3.05, 3.63) is 24.3 Å². The number of amides is 1. The first-order chi connectivity index (χ1) is 8.52. The molecule has 1 saturated heterocycles. The molecule has 0 aromatic heterocycles. The molecular formula is C13H15NO4. The van der Waals surface area contributed by atoms with Gasteiger partial charge < -0.3 is 9.47 Å². The van der Waals surface area contributed by atoms with E-state index in [1.54, 1.807) is 45.2 Å². The van der Waals surface area contributed by atoms with E-state index in [-0.39, 0.29) is 5.91 Å². The predicted molar refractivity (Wildman–Crippen MR) is 65.2 cm³/mol. The van der Waals surface area contributed by atoms with E-state index < -0.39 is 11.6 Å². The molecule has 96 valence electrons. The molecule has 0 N–H and O–H groups in total. The number of methoxy groups -OCH3 is 1. The molecule has 1 aromatic rings. The first kappa shape index (κ1) is 12.4. The lowest BCUT2D eigenvalue weighted by Crippen LogP contribution is -2.67. The van der Waals surface area contributed by atoms with Crippen LogP contribution in [-0.4, -0.2) is 25.7 Å². The average molecular weight is 249 g/mol. The van der Waals surface area contributed by atoms with Gasteiger partial charge in [0.05, 0.1) is 7.11 Å². The molecule has 1 heterocycles. The van der Waals surface area contributed by atoms with Crippen LogP contribution in [0.3, 0.4) is 0 Å². The molecule has 1 aliphatic heterocycles. The highest BCUT2D eigenvalue weighted by molar-refractivity contribution is 6.05. The summed E-state index contributed by atoms with van der Waals surface area (Å²) in [5, 5.41) is 0. The fourth-order valence-corrected chi connectivity index (χ4v) is 2.06. The lowest BCUT2D eigenvalue weighted by atomic mass is 9.80. The Labute approximate surface area is 105 Å². The summed E-state index contributed by atoms with van der Waals surface area (Å²) in [5.41, 5.74) is 0.00729. The monoisotopic (exact) mass is 249 g/mol. The largest absolute Gasteiger partial charge is 0.497 e. The molecule has 1 atom stereocenters. The van der Waals surface area contributed by atoms with Gasteiger partial charge in [-0.2, -0.15) is 0 Å². The fraction of sp³-hybridized carbons (Fsp3) is 0.385. The topological polar surface area (TPSA) is 55.8 Å². The maximum absolute atomic E-state index is 12.0. The van der Waals surface area contributed by atoms with E-state index in [2.05, 4.69) is 0 Å². The highest BCUT2D eigenvalue weighted by atomic mass is 16.5. The number of ether oxygens (including phenoxy) is 2. The fourth-order valence-electron chi connectivity index (χ4n) is 2.06. The molecule has 0 radical (unpaired) electrons. The maximum atomic E-state index is 12.0. The number of hydrogen-bond donors (Lipinski definition) is 0. The van der Waals surface area contributed by atoms with Crippen LogP contribution in [0.1, 0.15) is 13.8 Å². The Morgan fingerprint density at radius 1 is 1.28 bits per heavy atom. The number of carbonyl (C=O) groups is 2. The van der Waals surface area contributed by atoms with Crippen LogP contribution in [0.15, 0.2) is 24.3 Å². The van der Waals surface area contributed by atoms with Crippen molar-refractivity contribution in [2.75, 3.05) is 12.0 Å². The van der Waals surface area contributed by atoms with Crippen molar-refractivity contribution in [3.8, 4) is 5.75 Å². The summed E-state index contributed by atoms with van der Waals surface area (Å²) >= 11 is 0. The smallest absolute Gasteiger partial charge is 0.295 e. The normalized spacial score (nSPS) is 21.2. The number of carbonyl (C=O) groups excluding carboxylic acids is 2. The second-order valence-electron chi connectivity index (χ2n) is 4.68. The summed E-state index contributed by atoms with van der Waals surface area (Å²) in [6, 6.07) is 7.03. The summed E-state index contributed by atoms with van der Waals surface area (Å²) in [6.45, 7) is 3.88. The Morgan fingerprint density at radius 3 is 2.39 bits per heavy atom. The molecule has 1 amide bonds. The summed E-state index contributed by atoms with van der Waals surface area (Å²) in [7, 11) is 1.57. The zero-order valence-corrected chi connectivity index (χ0v) is 10.5. The van der Waals surface area contributed by atoms with Crippen LogP contribution in [0.5, 0.6) is 5.75 Å². The molecule has 0 bridgehead atoms. The number of β-lactam (4-membered cyclic amide) rings is 1. The zero-order chi connectivity index (χ0) is 13.3. The van der Waals surface area contributed by atoms with Crippen molar-refractivity contribution in [3.63, 3.8) is 0 Å². The Hall–Kier alpha value is -2.04. The zero-order valence-electron chi connectivity index (χ0n) is 10.5. The van der Waals surface area contributed by atoms with Crippen molar-refractivity contribution >= 4 is 18.1 Å². The van der Waals surface area contributed by atoms with E-state index in [9.17, 15) is 9.59 Å². The van der Waals surface area contributed by atoms with E-state index in [4.69, 9.17) is 9.47 Å². The predicted octanol–water partition coefficient (Wildman–Crippen LogP) is 1.57. The van der Waals surface area contributed by atoms with Crippen molar-refractivity contribution in [2.45, 2.75) is 20.1 Å². The summed E-state index contributed by atoms with van der Waals surface area (Å²) < 4.78 is 10.0. The van der Waals surface area contributed by atoms with Gasteiger partial charge in [0.25, 0.3) is 6.47 Å². The van der Waals surface area contributed by atoms with E-state index >= 15 is 0 Å². The first-order valence-corrected chi connectivity index (χ1v) is 5.59. The SMILES string of the molecule is COc1ccc(N2C(=O)C(C)(C)[C@H]2OC=O)cc1. The van der Waals surface area contributed by atoms with Crippen LogP contribution in [0.4, 0.5) is 5.69 Å². The number of rotatable bonds is 4. The Bertz CT molecular complexity index is 466. The van der Waals surface area contributed by atoms with Gasteiger partial charge in [0.15, 0.2) is 6.23 Å². The van der Waals surface area contributed by atoms with Crippen molar-refractivity contribution in [1.29, 1.82) is 0 Å². The number of benzene rings is 1. The molecule has 1 aromatic carbocycles. The lowest BCUT2D eigenvalue weighted by Gasteiger charge is -2.50. The van der Waals surface area contributed by atoms with Gasteiger partial charge in [-0.25, -0.2) is 0 Å². The van der Waals surface area contributed by atoms with Crippen molar-refractivity contribution in [2.24, 2.45) is 5.41 Å². The van der Waals surface area contributed by atoms with Gasteiger partial charge in [0, 0.05) is 5.69 Å². The van der Waals surface area contributed by atoms with Gasteiger partial charge in [0.2, 0.25) is 5.91 Å². The highest BCUT2D eigenvalue weighted by Crippen LogP contribution is 2.42. The third kappa shape index (κ3) is 1.72. The quantitative estimate of drug-likeness (QED) is 0.600.